The highest BCUT2D eigenvalue weighted by Crippen LogP contribution is 2.52. The first-order chi connectivity index (χ1) is 7.22. The van der Waals surface area contributed by atoms with Crippen LogP contribution in [0.1, 0.15) is 41.0 Å². The predicted octanol–water partition coefficient (Wildman–Crippen LogP) is 2.74. The predicted molar refractivity (Wildman–Crippen MR) is 59.5 cm³/mol. The number of carboxylic acids is 1. The van der Waals surface area contributed by atoms with Crippen molar-refractivity contribution >= 4 is 17.3 Å². The smallest absolute Gasteiger partial charge is 0.314 e. The molecule has 3 rings (SSSR count). The van der Waals surface area contributed by atoms with E-state index >= 15 is 0 Å². The number of aliphatic carboxylic acids is 1. The summed E-state index contributed by atoms with van der Waals surface area (Å²) in [6, 6.07) is 2.17. The summed E-state index contributed by atoms with van der Waals surface area (Å²) in [6.07, 6.45) is 6.52. The number of rotatable bonds is 2. The molecule has 0 saturated heterocycles. The van der Waals surface area contributed by atoms with Gasteiger partial charge in [-0.3, -0.25) is 4.79 Å². The van der Waals surface area contributed by atoms with E-state index in [0.29, 0.717) is 0 Å². The van der Waals surface area contributed by atoms with Crippen LogP contribution < -0.4 is 0 Å². The van der Waals surface area contributed by atoms with E-state index in [0.717, 1.165) is 30.6 Å². The number of carbonyl (C=O) groups is 1. The third-order valence-corrected chi connectivity index (χ3v) is 5.07. The standard InChI is InChI=1S/C12H14O2S/c13-11(14)12(5-6-12)10-7-8-3-1-2-4-9(8)15-10/h7H,1-6H2,(H,13,14). The molecule has 80 valence electrons. The molecule has 1 saturated carbocycles. The van der Waals surface area contributed by atoms with Gasteiger partial charge in [0.2, 0.25) is 0 Å². The summed E-state index contributed by atoms with van der Waals surface area (Å²) in [5.41, 5.74) is 0.941. The Morgan fingerprint density at radius 1 is 1.33 bits per heavy atom. The van der Waals surface area contributed by atoms with Gasteiger partial charge in [0.25, 0.3) is 0 Å². The minimum absolute atomic E-state index is 0.484. The molecule has 2 aliphatic carbocycles. The Morgan fingerprint density at radius 2 is 2.07 bits per heavy atom. The fourth-order valence-corrected chi connectivity index (χ4v) is 3.91. The molecule has 1 heterocycles. The van der Waals surface area contributed by atoms with Crippen LogP contribution in [0.25, 0.3) is 0 Å². The Kier molecular flexibility index (Phi) is 1.93. The van der Waals surface area contributed by atoms with E-state index in [4.69, 9.17) is 0 Å². The molecule has 2 aliphatic rings. The molecule has 1 aromatic heterocycles. The summed E-state index contributed by atoms with van der Waals surface area (Å²) in [7, 11) is 0. The second kappa shape index (κ2) is 3.08. The van der Waals surface area contributed by atoms with Crippen molar-refractivity contribution in [2.75, 3.05) is 0 Å². The normalized spacial score (nSPS) is 22.1. The van der Waals surface area contributed by atoms with Crippen molar-refractivity contribution in [1.82, 2.24) is 0 Å². The highest BCUT2D eigenvalue weighted by molar-refractivity contribution is 7.12. The van der Waals surface area contributed by atoms with Crippen LogP contribution in [-0.4, -0.2) is 11.1 Å². The topological polar surface area (TPSA) is 37.3 Å². The fourth-order valence-electron chi connectivity index (χ4n) is 2.42. The van der Waals surface area contributed by atoms with Gasteiger partial charge >= 0.3 is 5.97 Å². The maximum atomic E-state index is 11.2. The summed E-state index contributed by atoms with van der Waals surface area (Å²) < 4.78 is 0. The van der Waals surface area contributed by atoms with Gasteiger partial charge in [0.15, 0.2) is 0 Å². The van der Waals surface area contributed by atoms with E-state index < -0.39 is 11.4 Å². The highest BCUT2D eigenvalue weighted by Gasteiger charge is 2.53. The van der Waals surface area contributed by atoms with Gasteiger partial charge in [-0.2, -0.15) is 0 Å². The fraction of sp³-hybridized carbons (Fsp3) is 0.583. The van der Waals surface area contributed by atoms with Crippen molar-refractivity contribution in [3.05, 3.63) is 21.4 Å². The van der Waals surface area contributed by atoms with Crippen molar-refractivity contribution in [2.24, 2.45) is 0 Å². The van der Waals surface area contributed by atoms with E-state index in [-0.39, 0.29) is 0 Å². The molecule has 1 aromatic rings. The first kappa shape index (κ1) is 9.40. The molecule has 15 heavy (non-hydrogen) atoms. The van der Waals surface area contributed by atoms with Crippen LogP contribution in [0.2, 0.25) is 0 Å². The zero-order valence-corrected chi connectivity index (χ0v) is 9.40. The van der Waals surface area contributed by atoms with E-state index in [1.165, 1.54) is 23.3 Å². The molecule has 0 atom stereocenters. The van der Waals surface area contributed by atoms with Crippen molar-refractivity contribution in [2.45, 2.75) is 43.9 Å². The van der Waals surface area contributed by atoms with Gasteiger partial charge in [-0.15, -0.1) is 11.3 Å². The average Bonchev–Trinajstić information content (AvgIpc) is 2.93. The molecule has 2 nitrogen and oxygen atoms in total. The van der Waals surface area contributed by atoms with E-state index in [9.17, 15) is 9.90 Å². The molecule has 0 unspecified atom stereocenters. The Bertz CT molecular complexity index is 392. The lowest BCUT2D eigenvalue weighted by Crippen LogP contribution is -2.17. The van der Waals surface area contributed by atoms with Crippen molar-refractivity contribution in [1.29, 1.82) is 0 Å². The molecule has 0 bridgehead atoms. The zero-order valence-electron chi connectivity index (χ0n) is 8.58. The summed E-state index contributed by atoms with van der Waals surface area (Å²) in [6.45, 7) is 0. The number of fused-ring (bicyclic) bond motifs is 1. The minimum Gasteiger partial charge on any atom is -0.481 e. The van der Waals surface area contributed by atoms with Crippen LogP contribution >= 0.6 is 11.3 Å². The molecule has 0 radical (unpaired) electrons. The Hall–Kier alpha value is -0.830. The summed E-state index contributed by atoms with van der Waals surface area (Å²) >= 11 is 1.75. The molecular weight excluding hydrogens is 208 g/mol. The highest BCUT2D eigenvalue weighted by atomic mass is 32.1. The Balaban J connectivity index is 1.99. The second-order valence-electron chi connectivity index (χ2n) is 4.65. The zero-order chi connectivity index (χ0) is 10.5. The first-order valence-electron chi connectivity index (χ1n) is 5.58. The average molecular weight is 222 g/mol. The maximum Gasteiger partial charge on any atom is 0.314 e. The van der Waals surface area contributed by atoms with Gasteiger partial charge in [-0.05, 0) is 50.2 Å². The van der Waals surface area contributed by atoms with E-state index in [2.05, 4.69) is 6.07 Å². The summed E-state index contributed by atoms with van der Waals surface area (Å²) in [4.78, 5) is 13.8. The summed E-state index contributed by atoms with van der Waals surface area (Å²) in [5.74, 6) is -0.624. The number of carboxylic acid groups (broad SMARTS) is 1. The number of hydrogen-bond acceptors (Lipinski definition) is 2. The van der Waals surface area contributed by atoms with Gasteiger partial charge in [0, 0.05) is 9.75 Å². The number of aryl methyl sites for hydroxylation is 2. The van der Waals surface area contributed by atoms with Crippen LogP contribution in [-0.2, 0) is 23.1 Å². The van der Waals surface area contributed by atoms with E-state index in [1.807, 2.05) is 0 Å². The molecule has 0 aliphatic heterocycles. The van der Waals surface area contributed by atoms with Gasteiger partial charge in [-0.25, -0.2) is 0 Å². The maximum absolute atomic E-state index is 11.2. The lowest BCUT2D eigenvalue weighted by atomic mass is 9.97. The molecule has 0 amide bonds. The lowest BCUT2D eigenvalue weighted by molar-refractivity contribution is -0.139. The van der Waals surface area contributed by atoms with Crippen LogP contribution in [0.15, 0.2) is 6.07 Å². The molecule has 0 spiro atoms. The van der Waals surface area contributed by atoms with Gasteiger partial charge in [-0.1, -0.05) is 0 Å². The Morgan fingerprint density at radius 3 is 2.67 bits per heavy atom. The largest absolute Gasteiger partial charge is 0.481 e. The van der Waals surface area contributed by atoms with Gasteiger partial charge in [0.05, 0.1) is 0 Å². The van der Waals surface area contributed by atoms with Gasteiger partial charge in [0.1, 0.15) is 5.41 Å². The molecular formula is C12H14O2S. The molecule has 0 aromatic carbocycles. The first-order valence-corrected chi connectivity index (χ1v) is 6.39. The second-order valence-corrected chi connectivity index (χ2v) is 5.79. The minimum atomic E-state index is -0.624. The van der Waals surface area contributed by atoms with Gasteiger partial charge < -0.3 is 5.11 Å². The molecule has 3 heteroatoms. The third kappa shape index (κ3) is 1.33. The quantitative estimate of drug-likeness (QED) is 0.835. The van der Waals surface area contributed by atoms with Crippen molar-refractivity contribution in [3.8, 4) is 0 Å². The van der Waals surface area contributed by atoms with E-state index in [1.54, 1.807) is 11.3 Å². The van der Waals surface area contributed by atoms with Crippen LogP contribution in [0.3, 0.4) is 0 Å². The molecule has 1 N–H and O–H groups in total. The molecule has 1 fully saturated rings. The SMILES string of the molecule is O=C(O)C1(c2cc3c(s2)CCCC3)CC1. The number of thiophene rings is 1. The Labute approximate surface area is 92.9 Å². The monoisotopic (exact) mass is 222 g/mol. The van der Waals surface area contributed by atoms with Crippen LogP contribution in [0.5, 0.6) is 0 Å². The lowest BCUT2D eigenvalue weighted by Gasteiger charge is -2.08. The van der Waals surface area contributed by atoms with Crippen LogP contribution in [0, 0.1) is 0 Å². The third-order valence-electron chi connectivity index (χ3n) is 3.63. The summed E-state index contributed by atoms with van der Waals surface area (Å²) in [5, 5.41) is 9.23. The number of hydrogen-bond donors (Lipinski definition) is 1. The van der Waals surface area contributed by atoms with Crippen LogP contribution in [0.4, 0.5) is 0 Å². The van der Waals surface area contributed by atoms with Crippen molar-refractivity contribution < 1.29 is 9.90 Å². The van der Waals surface area contributed by atoms with Crippen molar-refractivity contribution in [3.63, 3.8) is 0 Å².